The smallest absolute Gasteiger partial charge is 0.208 e. The van der Waals surface area contributed by atoms with Gasteiger partial charge in [-0.05, 0) is 63.7 Å². The zero-order valence-corrected chi connectivity index (χ0v) is 16.2. The summed E-state index contributed by atoms with van der Waals surface area (Å²) in [6, 6.07) is 0.883. The summed E-state index contributed by atoms with van der Waals surface area (Å²) in [7, 11) is 0. The predicted molar refractivity (Wildman–Crippen MR) is 106 cm³/mol. The van der Waals surface area contributed by atoms with Gasteiger partial charge in [-0.3, -0.25) is 9.74 Å². The first-order valence-corrected chi connectivity index (χ1v) is 9.88. The summed E-state index contributed by atoms with van der Waals surface area (Å²) in [5.74, 6) is 0.398. The SMILES string of the molecule is C=C(NOC(C)C)OC=C1C=CC(C=C2CCN(C3CCC3)CC2)=CC1. The van der Waals surface area contributed by atoms with E-state index in [2.05, 4.69) is 41.3 Å². The fourth-order valence-electron chi connectivity index (χ4n) is 3.43. The Kier molecular flexibility index (Phi) is 6.75. The first kappa shape index (κ1) is 19.0. The minimum Gasteiger partial charge on any atom is -0.447 e. The maximum Gasteiger partial charge on any atom is 0.208 e. The monoisotopic (exact) mass is 356 g/mol. The molecule has 1 N–H and O–H groups in total. The summed E-state index contributed by atoms with van der Waals surface area (Å²) < 4.78 is 5.47. The molecule has 3 aliphatic rings. The van der Waals surface area contributed by atoms with Gasteiger partial charge in [0.15, 0.2) is 0 Å². The minimum absolute atomic E-state index is 0.0803. The van der Waals surface area contributed by atoms with E-state index < -0.39 is 0 Å². The van der Waals surface area contributed by atoms with E-state index in [1.165, 1.54) is 50.8 Å². The van der Waals surface area contributed by atoms with Crippen molar-refractivity contribution in [1.82, 2.24) is 10.4 Å². The van der Waals surface area contributed by atoms with E-state index in [1.807, 2.05) is 13.8 Å². The van der Waals surface area contributed by atoms with Crippen molar-refractivity contribution >= 4 is 0 Å². The van der Waals surface area contributed by atoms with Gasteiger partial charge in [0.2, 0.25) is 5.88 Å². The highest BCUT2D eigenvalue weighted by atomic mass is 16.7. The number of hydroxylamine groups is 1. The molecule has 1 heterocycles. The molecule has 0 aromatic heterocycles. The van der Waals surface area contributed by atoms with Crippen LogP contribution in [-0.2, 0) is 9.57 Å². The van der Waals surface area contributed by atoms with Gasteiger partial charge in [0.25, 0.3) is 0 Å². The Bertz CT molecular complexity index is 614. The quantitative estimate of drug-likeness (QED) is 0.527. The number of likely N-dealkylation sites (tertiary alicyclic amines) is 1. The van der Waals surface area contributed by atoms with Crippen LogP contribution in [0.2, 0.25) is 0 Å². The molecule has 26 heavy (non-hydrogen) atoms. The summed E-state index contributed by atoms with van der Waals surface area (Å²) in [5.41, 5.74) is 6.72. The van der Waals surface area contributed by atoms with Crippen molar-refractivity contribution in [2.45, 2.75) is 64.5 Å². The van der Waals surface area contributed by atoms with E-state index >= 15 is 0 Å². The van der Waals surface area contributed by atoms with Crippen LogP contribution in [0.15, 0.2) is 59.7 Å². The highest BCUT2D eigenvalue weighted by molar-refractivity contribution is 5.42. The molecule has 0 aromatic carbocycles. The summed E-state index contributed by atoms with van der Waals surface area (Å²) >= 11 is 0. The van der Waals surface area contributed by atoms with Gasteiger partial charge in [-0.1, -0.05) is 36.3 Å². The average Bonchev–Trinajstić information content (AvgIpc) is 2.59. The molecule has 0 spiro atoms. The Hall–Kier alpha value is -1.78. The predicted octanol–water partition coefficient (Wildman–Crippen LogP) is 4.75. The molecule has 2 fully saturated rings. The van der Waals surface area contributed by atoms with E-state index in [0.29, 0.717) is 5.88 Å². The molecule has 3 rings (SSSR count). The first-order valence-electron chi connectivity index (χ1n) is 9.88. The molecular weight excluding hydrogens is 324 g/mol. The van der Waals surface area contributed by atoms with Crippen LogP contribution in [0, 0.1) is 0 Å². The normalized spacial score (nSPS) is 23.0. The number of rotatable bonds is 7. The molecule has 142 valence electrons. The Morgan fingerprint density at radius 1 is 1.27 bits per heavy atom. The van der Waals surface area contributed by atoms with Gasteiger partial charge in [-0.25, -0.2) is 5.48 Å². The Morgan fingerprint density at radius 2 is 2.04 bits per heavy atom. The maximum absolute atomic E-state index is 5.47. The second kappa shape index (κ2) is 9.24. The van der Waals surface area contributed by atoms with Crippen molar-refractivity contribution in [2.75, 3.05) is 13.1 Å². The van der Waals surface area contributed by atoms with Crippen molar-refractivity contribution in [1.29, 1.82) is 0 Å². The third-order valence-electron chi connectivity index (χ3n) is 5.23. The van der Waals surface area contributed by atoms with E-state index in [0.717, 1.165) is 18.0 Å². The number of nitrogens with one attached hydrogen (secondary N) is 1. The van der Waals surface area contributed by atoms with Crippen LogP contribution in [0.3, 0.4) is 0 Å². The zero-order chi connectivity index (χ0) is 18.4. The maximum atomic E-state index is 5.47. The lowest BCUT2D eigenvalue weighted by Gasteiger charge is -2.40. The summed E-state index contributed by atoms with van der Waals surface area (Å²) in [6.07, 6.45) is 18.3. The van der Waals surface area contributed by atoms with Gasteiger partial charge in [-0.2, -0.15) is 0 Å². The fourth-order valence-corrected chi connectivity index (χ4v) is 3.43. The van der Waals surface area contributed by atoms with Crippen molar-refractivity contribution < 1.29 is 9.57 Å². The molecule has 2 aliphatic carbocycles. The Morgan fingerprint density at radius 3 is 2.62 bits per heavy atom. The second-order valence-corrected chi connectivity index (χ2v) is 7.67. The lowest BCUT2D eigenvalue weighted by atomic mass is 9.89. The van der Waals surface area contributed by atoms with Crippen LogP contribution in [0.5, 0.6) is 0 Å². The van der Waals surface area contributed by atoms with Gasteiger partial charge in [0.05, 0.1) is 12.4 Å². The molecule has 0 amide bonds. The number of piperidine rings is 1. The number of allylic oxidation sites excluding steroid dienone is 6. The van der Waals surface area contributed by atoms with Gasteiger partial charge >= 0.3 is 0 Å². The summed E-state index contributed by atoms with van der Waals surface area (Å²) in [4.78, 5) is 7.92. The van der Waals surface area contributed by atoms with Crippen molar-refractivity contribution in [3.05, 3.63) is 59.7 Å². The molecular formula is C22H32N2O2. The average molecular weight is 357 g/mol. The molecule has 0 unspecified atom stereocenters. The molecule has 1 saturated heterocycles. The van der Waals surface area contributed by atoms with Gasteiger partial charge in [0.1, 0.15) is 0 Å². The molecule has 0 bridgehead atoms. The first-order chi connectivity index (χ1) is 12.6. The number of nitrogens with zero attached hydrogens (tertiary/aromatic N) is 1. The van der Waals surface area contributed by atoms with E-state index in [4.69, 9.17) is 9.57 Å². The summed E-state index contributed by atoms with van der Waals surface area (Å²) in [6.45, 7) is 10.1. The Balaban J connectivity index is 1.42. The molecule has 4 nitrogen and oxygen atoms in total. The molecule has 1 saturated carbocycles. The molecule has 0 radical (unpaired) electrons. The van der Waals surface area contributed by atoms with Crippen LogP contribution >= 0.6 is 0 Å². The van der Waals surface area contributed by atoms with Gasteiger partial charge in [0, 0.05) is 19.1 Å². The minimum atomic E-state index is 0.0803. The standard InChI is InChI=1S/C22H32N2O2/c1-17(2)26-23-18(3)25-16-21-9-7-19(8-10-21)15-20-11-13-24(14-12-20)22-5-4-6-22/h7-9,15-17,22-23H,3-6,10-14H2,1-2H3. The highest BCUT2D eigenvalue weighted by Crippen LogP contribution is 2.29. The van der Waals surface area contributed by atoms with E-state index in [-0.39, 0.29) is 6.10 Å². The molecule has 0 atom stereocenters. The van der Waals surface area contributed by atoms with Crippen LogP contribution in [0.4, 0.5) is 0 Å². The van der Waals surface area contributed by atoms with E-state index in [1.54, 1.807) is 11.8 Å². The van der Waals surface area contributed by atoms with Crippen LogP contribution in [-0.4, -0.2) is 30.1 Å². The molecule has 4 heteroatoms. The van der Waals surface area contributed by atoms with Crippen molar-refractivity contribution in [3.8, 4) is 0 Å². The highest BCUT2D eigenvalue weighted by Gasteiger charge is 2.26. The van der Waals surface area contributed by atoms with Crippen LogP contribution in [0.25, 0.3) is 0 Å². The fraction of sp³-hybridized carbons (Fsp3) is 0.545. The third kappa shape index (κ3) is 5.61. The lowest BCUT2D eigenvalue weighted by Crippen LogP contribution is -2.43. The van der Waals surface area contributed by atoms with Crippen molar-refractivity contribution in [2.24, 2.45) is 0 Å². The molecule has 1 aliphatic heterocycles. The summed E-state index contributed by atoms with van der Waals surface area (Å²) in [5, 5.41) is 0. The van der Waals surface area contributed by atoms with Gasteiger partial charge < -0.3 is 4.74 Å². The number of hydrogen-bond acceptors (Lipinski definition) is 4. The van der Waals surface area contributed by atoms with Crippen LogP contribution < -0.4 is 5.48 Å². The third-order valence-corrected chi connectivity index (χ3v) is 5.23. The second-order valence-electron chi connectivity index (χ2n) is 7.67. The largest absolute Gasteiger partial charge is 0.447 e. The topological polar surface area (TPSA) is 33.7 Å². The molecule has 0 aromatic rings. The van der Waals surface area contributed by atoms with Gasteiger partial charge in [-0.15, -0.1) is 0 Å². The lowest BCUT2D eigenvalue weighted by molar-refractivity contribution is -0.0109. The van der Waals surface area contributed by atoms with Crippen molar-refractivity contribution in [3.63, 3.8) is 0 Å². The zero-order valence-electron chi connectivity index (χ0n) is 16.2. The Labute approximate surface area is 157 Å². The number of hydrogen-bond donors (Lipinski definition) is 1. The number of ether oxygens (including phenoxy) is 1. The van der Waals surface area contributed by atoms with E-state index in [9.17, 15) is 0 Å². The van der Waals surface area contributed by atoms with Crippen LogP contribution in [0.1, 0.15) is 52.4 Å².